The fourth-order valence-electron chi connectivity index (χ4n) is 2.50. The molecule has 108 valence electrons. The zero-order valence-electron chi connectivity index (χ0n) is 11.6. The molecule has 0 N–H and O–H groups in total. The third-order valence-electron chi connectivity index (χ3n) is 3.69. The lowest BCUT2D eigenvalue weighted by Gasteiger charge is -2.16. The Labute approximate surface area is 124 Å². The van der Waals surface area contributed by atoms with Gasteiger partial charge in [0.25, 0.3) is 0 Å². The first-order valence-electron chi connectivity index (χ1n) is 6.66. The lowest BCUT2D eigenvalue weighted by molar-refractivity contribution is 0.101. The van der Waals surface area contributed by atoms with Crippen LogP contribution >= 0.6 is 0 Å². The van der Waals surface area contributed by atoms with E-state index in [2.05, 4.69) is 0 Å². The molecule has 0 aromatic heterocycles. The summed E-state index contributed by atoms with van der Waals surface area (Å²) in [5.74, 6) is -0.142. The van der Waals surface area contributed by atoms with E-state index in [1.807, 2.05) is 24.3 Å². The van der Waals surface area contributed by atoms with Crippen LogP contribution < -0.4 is 0 Å². The highest BCUT2D eigenvalue weighted by Gasteiger charge is 2.30. The van der Waals surface area contributed by atoms with E-state index in [1.165, 1.54) is 23.4 Å². The highest BCUT2D eigenvalue weighted by atomic mass is 32.2. The number of hydrogen-bond acceptors (Lipinski definition) is 3. The number of ketones is 1. The lowest BCUT2D eigenvalue weighted by Crippen LogP contribution is -2.25. The Morgan fingerprint density at radius 3 is 2.19 bits per heavy atom. The van der Waals surface area contributed by atoms with E-state index < -0.39 is 10.0 Å². The van der Waals surface area contributed by atoms with Crippen LogP contribution in [0.2, 0.25) is 0 Å². The molecule has 0 atom stereocenters. The minimum absolute atomic E-state index is 0.142. The first kappa shape index (κ1) is 14.0. The van der Waals surface area contributed by atoms with Gasteiger partial charge in [-0.1, -0.05) is 36.4 Å². The topological polar surface area (TPSA) is 54.5 Å². The summed E-state index contributed by atoms with van der Waals surface area (Å²) in [7, 11) is -3.58. The highest BCUT2D eigenvalue weighted by Crippen LogP contribution is 2.28. The van der Waals surface area contributed by atoms with Crippen LogP contribution in [0.5, 0.6) is 0 Å². The number of nitrogens with zero attached hydrogens (tertiary/aromatic N) is 1. The second kappa shape index (κ2) is 5.09. The summed E-state index contributed by atoms with van der Waals surface area (Å²) < 4.78 is 26.8. The summed E-state index contributed by atoms with van der Waals surface area (Å²) in [6.07, 6.45) is 0. The van der Waals surface area contributed by atoms with Crippen LogP contribution in [0.1, 0.15) is 28.4 Å². The average molecular weight is 301 g/mol. The predicted octanol–water partition coefficient (Wildman–Crippen LogP) is 2.59. The summed E-state index contributed by atoms with van der Waals surface area (Å²) in [5, 5.41) is 0. The Morgan fingerprint density at radius 1 is 1.00 bits per heavy atom. The van der Waals surface area contributed by atoms with Gasteiger partial charge in [0.15, 0.2) is 5.78 Å². The Morgan fingerprint density at radius 2 is 1.62 bits per heavy atom. The summed E-state index contributed by atoms with van der Waals surface area (Å²) in [6.45, 7) is 2.18. The number of sulfonamides is 1. The zero-order valence-corrected chi connectivity index (χ0v) is 12.4. The van der Waals surface area contributed by atoms with E-state index in [4.69, 9.17) is 0 Å². The Bertz CT molecular complexity index is 787. The molecule has 0 saturated carbocycles. The molecule has 1 aliphatic heterocycles. The number of carbonyl (C=O) groups is 1. The van der Waals surface area contributed by atoms with Gasteiger partial charge in [-0.2, -0.15) is 4.31 Å². The van der Waals surface area contributed by atoms with Crippen LogP contribution in [0, 0.1) is 0 Å². The minimum atomic E-state index is -3.58. The van der Waals surface area contributed by atoms with Gasteiger partial charge >= 0.3 is 0 Å². The molecule has 0 bridgehead atoms. The van der Waals surface area contributed by atoms with Crippen molar-refractivity contribution in [3.8, 4) is 0 Å². The molecule has 0 aliphatic carbocycles. The van der Waals surface area contributed by atoms with E-state index in [1.54, 1.807) is 12.1 Å². The number of rotatable bonds is 3. The molecule has 5 heteroatoms. The summed E-state index contributed by atoms with van der Waals surface area (Å²) in [5.41, 5.74) is 2.47. The van der Waals surface area contributed by atoms with E-state index >= 15 is 0 Å². The molecule has 0 fully saturated rings. The number of Topliss-reactive ketones (excluding diaryl/α,β-unsaturated/α-hetero) is 1. The molecule has 0 saturated heterocycles. The van der Waals surface area contributed by atoms with Crippen LogP contribution in [0.15, 0.2) is 53.4 Å². The molecule has 0 radical (unpaired) electrons. The lowest BCUT2D eigenvalue weighted by atomic mass is 10.1. The fraction of sp³-hybridized carbons (Fsp3) is 0.188. The van der Waals surface area contributed by atoms with E-state index in [-0.39, 0.29) is 10.7 Å². The third kappa shape index (κ3) is 2.50. The number of hydrogen-bond donors (Lipinski definition) is 0. The van der Waals surface area contributed by atoms with Crippen molar-refractivity contribution in [2.24, 2.45) is 0 Å². The number of benzene rings is 2. The van der Waals surface area contributed by atoms with Crippen molar-refractivity contribution in [2.75, 3.05) is 0 Å². The standard InChI is InChI=1S/C16H15NO3S/c1-12(18)13-7-4-8-16(9-13)21(19,20)17-10-14-5-2-3-6-15(14)11-17/h2-9H,10-11H2,1H3. The van der Waals surface area contributed by atoms with E-state index in [0.29, 0.717) is 18.7 Å². The Hall–Kier alpha value is -1.98. The van der Waals surface area contributed by atoms with Gasteiger partial charge in [-0.3, -0.25) is 4.79 Å². The maximum absolute atomic E-state index is 12.7. The SMILES string of the molecule is CC(=O)c1cccc(S(=O)(=O)N2Cc3ccccc3C2)c1. The van der Waals surface area contributed by atoms with Crippen LogP contribution in [0.25, 0.3) is 0 Å². The van der Waals surface area contributed by atoms with Crippen molar-refractivity contribution in [3.63, 3.8) is 0 Å². The molecule has 1 aliphatic rings. The largest absolute Gasteiger partial charge is 0.295 e. The van der Waals surface area contributed by atoms with Crippen molar-refractivity contribution in [1.29, 1.82) is 0 Å². The van der Waals surface area contributed by atoms with Crippen LogP contribution in [0.3, 0.4) is 0 Å². The molecular formula is C16H15NO3S. The van der Waals surface area contributed by atoms with Crippen molar-refractivity contribution >= 4 is 15.8 Å². The zero-order chi connectivity index (χ0) is 15.0. The van der Waals surface area contributed by atoms with Gasteiger partial charge in [0.05, 0.1) is 4.90 Å². The monoisotopic (exact) mass is 301 g/mol. The second-order valence-corrected chi connectivity index (χ2v) is 7.06. The van der Waals surface area contributed by atoms with Crippen molar-refractivity contribution < 1.29 is 13.2 Å². The normalized spacial score (nSPS) is 14.9. The van der Waals surface area contributed by atoms with Crippen LogP contribution in [-0.4, -0.2) is 18.5 Å². The van der Waals surface area contributed by atoms with Gasteiger partial charge < -0.3 is 0 Å². The van der Waals surface area contributed by atoms with Gasteiger partial charge in [0, 0.05) is 18.7 Å². The molecule has 21 heavy (non-hydrogen) atoms. The molecule has 0 spiro atoms. The molecule has 3 rings (SSSR count). The molecule has 0 unspecified atom stereocenters. The molecule has 1 heterocycles. The maximum Gasteiger partial charge on any atom is 0.243 e. The first-order valence-corrected chi connectivity index (χ1v) is 8.10. The van der Waals surface area contributed by atoms with E-state index in [9.17, 15) is 13.2 Å². The minimum Gasteiger partial charge on any atom is -0.295 e. The molecular weight excluding hydrogens is 286 g/mol. The van der Waals surface area contributed by atoms with Gasteiger partial charge in [0.2, 0.25) is 10.0 Å². The van der Waals surface area contributed by atoms with Gasteiger partial charge in [-0.05, 0) is 30.2 Å². The Balaban J connectivity index is 1.96. The van der Waals surface area contributed by atoms with Crippen molar-refractivity contribution in [3.05, 3.63) is 65.2 Å². The smallest absolute Gasteiger partial charge is 0.243 e. The average Bonchev–Trinajstić information content (AvgIpc) is 2.92. The van der Waals surface area contributed by atoms with Crippen LogP contribution in [-0.2, 0) is 23.1 Å². The maximum atomic E-state index is 12.7. The summed E-state index contributed by atoms with van der Waals surface area (Å²) >= 11 is 0. The van der Waals surface area contributed by atoms with Gasteiger partial charge in [-0.15, -0.1) is 0 Å². The van der Waals surface area contributed by atoms with Gasteiger partial charge in [0.1, 0.15) is 0 Å². The summed E-state index contributed by atoms with van der Waals surface area (Å²) in [6, 6.07) is 13.9. The van der Waals surface area contributed by atoms with Crippen molar-refractivity contribution in [2.45, 2.75) is 24.9 Å². The fourth-order valence-corrected chi connectivity index (χ4v) is 3.94. The first-order chi connectivity index (χ1) is 9.98. The number of carbonyl (C=O) groups excluding carboxylic acids is 1. The van der Waals surface area contributed by atoms with E-state index in [0.717, 1.165) is 11.1 Å². The molecule has 2 aromatic carbocycles. The molecule has 2 aromatic rings. The second-order valence-electron chi connectivity index (χ2n) is 5.13. The summed E-state index contributed by atoms with van der Waals surface area (Å²) in [4.78, 5) is 11.6. The predicted molar refractivity (Wildman–Crippen MR) is 79.3 cm³/mol. The highest BCUT2D eigenvalue weighted by molar-refractivity contribution is 7.89. The quantitative estimate of drug-likeness (QED) is 0.819. The molecule has 0 amide bonds. The molecule has 4 nitrogen and oxygen atoms in total. The third-order valence-corrected chi connectivity index (χ3v) is 5.48. The number of fused-ring (bicyclic) bond motifs is 1. The van der Waals surface area contributed by atoms with Gasteiger partial charge in [-0.25, -0.2) is 8.42 Å². The van der Waals surface area contributed by atoms with Crippen molar-refractivity contribution in [1.82, 2.24) is 4.31 Å². The van der Waals surface area contributed by atoms with Crippen LogP contribution in [0.4, 0.5) is 0 Å². The Kier molecular flexibility index (Phi) is 3.39.